The number of aryl methyl sites for hydroxylation is 1. The summed E-state index contributed by atoms with van der Waals surface area (Å²) in [6.45, 7) is 1.68. The van der Waals surface area contributed by atoms with Crippen LogP contribution in [-0.2, 0) is 22.6 Å². The van der Waals surface area contributed by atoms with Gasteiger partial charge in [0.1, 0.15) is 11.6 Å². The number of nitrogens with zero attached hydrogens (tertiary/aromatic N) is 3. The summed E-state index contributed by atoms with van der Waals surface area (Å²) >= 11 is 0. The standard InChI is InChI=1S/C25H26N4O3/c30-23(17-32-22-12-10-20(11-13-22)28-15-3-5-24(28)31)27-19-8-6-18(7-9-19)25-26-16-21-4-1-2-14-29(21)25/h6-13,16H,1-5,14-15,17H2,(H,27,30). The SMILES string of the molecule is O=C(COc1ccc(N2CCCC2=O)cc1)Nc1ccc(-c2ncc3n2CCCC3)cc1. The number of ether oxygens (including phenoxy) is 1. The van der Waals surface area contributed by atoms with Crippen LogP contribution in [0.5, 0.6) is 5.75 Å². The zero-order chi connectivity index (χ0) is 21.9. The average molecular weight is 431 g/mol. The summed E-state index contributed by atoms with van der Waals surface area (Å²) in [4.78, 5) is 30.5. The topological polar surface area (TPSA) is 76.5 Å². The minimum atomic E-state index is -0.227. The van der Waals surface area contributed by atoms with E-state index >= 15 is 0 Å². The van der Waals surface area contributed by atoms with Crippen LogP contribution in [0.1, 0.15) is 31.4 Å². The van der Waals surface area contributed by atoms with Crippen LogP contribution in [-0.4, -0.2) is 34.5 Å². The van der Waals surface area contributed by atoms with Gasteiger partial charge >= 0.3 is 0 Å². The number of benzene rings is 2. The first-order valence-corrected chi connectivity index (χ1v) is 11.2. The van der Waals surface area contributed by atoms with Crippen molar-refractivity contribution in [2.75, 3.05) is 23.4 Å². The molecule has 1 aromatic heterocycles. The Morgan fingerprint density at radius 1 is 0.969 bits per heavy atom. The maximum Gasteiger partial charge on any atom is 0.262 e. The summed E-state index contributed by atoms with van der Waals surface area (Å²) in [5.74, 6) is 1.50. The van der Waals surface area contributed by atoms with E-state index in [0.29, 0.717) is 12.2 Å². The molecule has 0 saturated carbocycles. The van der Waals surface area contributed by atoms with Crippen LogP contribution in [0, 0.1) is 0 Å². The van der Waals surface area contributed by atoms with Crippen molar-refractivity contribution in [1.29, 1.82) is 0 Å². The molecule has 5 rings (SSSR count). The Kier molecular flexibility index (Phi) is 5.62. The molecule has 2 aliphatic rings. The number of imidazole rings is 1. The maximum absolute atomic E-state index is 12.3. The number of hydrogen-bond donors (Lipinski definition) is 1. The van der Waals surface area contributed by atoms with Crippen molar-refractivity contribution < 1.29 is 14.3 Å². The van der Waals surface area contributed by atoms with E-state index in [1.54, 1.807) is 17.0 Å². The number of nitrogens with one attached hydrogen (secondary N) is 1. The molecule has 3 heterocycles. The Morgan fingerprint density at radius 3 is 2.53 bits per heavy atom. The molecular weight excluding hydrogens is 404 g/mol. The summed E-state index contributed by atoms with van der Waals surface area (Å²) < 4.78 is 7.89. The third-order valence-electron chi connectivity index (χ3n) is 6.02. The van der Waals surface area contributed by atoms with Crippen molar-refractivity contribution in [2.45, 2.75) is 38.6 Å². The second-order valence-corrected chi connectivity index (χ2v) is 8.24. The average Bonchev–Trinajstić information content (AvgIpc) is 3.45. The molecule has 164 valence electrons. The smallest absolute Gasteiger partial charge is 0.262 e. The lowest BCUT2D eigenvalue weighted by molar-refractivity contribution is -0.118. The van der Waals surface area contributed by atoms with Gasteiger partial charge in [0.25, 0.3) is 5.91 Å². The van der Waals surface area contributed by atoms with Crippen molar-refractivity contribution in [3.05, 3.63) is 60.4 Å². The number of rotatable bonds is 6. The molecule has 32 heavy (non-hydrogen) atoms. The lowest BCUT2D eigenvalue weighted by Crippen LogP contribution is -2.23. The van der Waals surface area contributed by atoms with E-state index in [1.807, 2.05) is 42.6 Å². The predicted molar refractivity (Wildman–Crippen MR) is 123 cm³/mol. The third-order valence-corrected chi connectivity index (χ3v) is 6.02. The van der Waals surface area contributed by atoms with Crippen LogP contribution in [0.2, 0.25) is 0 Å². The summed E-state index contributed by atoms with van der Waals surface area (Å²) in [6.07, 6.45) is 6.95. The largest absolute Gasteiger partial charge is 0.484 e. The molecular formula is C25H26N4O3. The van der Waals surface area contributed by atoms with Crippen LogP contribution < -0.4 is 15.0 Å². The Balaban J connectivity index is 1.15. The number of anilines is 2. The fourth-order valence-corrected chi connectivity index (χ4v) is 4.36. The first-order chi connectivity index (χ1) is 15.7. The molecule has 0 aliphatic carbocycles. The molecule has 0 atom stereocenters. The first kappa shape index (κ1) is 20.3. The Bertz CT molecular complexity index is 1120. The third kappa shape index (κ3) is 4.23. The molecule has 1 saturated heterocycles. The van der Waals surface area contributed by atoms with Gasteiger partial charge in [-0.2, -0.15) is 0 Å². The van der Waals surface area contributed by atoms with Crippen molar-refractivity contribution in [1.82, 2.24) is 9.55 Å². The molecule has 1 N–H and O–H groups in total. The van der Waals surface area contributed by atoms with Gasteiger partial charge in [0.2, 0.25) is 5.91 Å². The number of amides is 2. The zero-order valence-corrected chi connectivity index (χ0v) is 17.9. The van der Waals surface area contributed by atoms with Gasteiger partial charge in [0, 0.05) is 48.3 Å². The zero-order valence-electron chi connectivity index (χ0n) is 17.9. The molecule has 1 fully saturated rings. The van der Waals surface area contributed by atoms with Crippen LogP contribution in [0.4, 0.5) is 11.4 Å². The normalized spacial score (nSPS) is 15.5. The van der Waals surface area contributed by atoms with Gasteiger partial charge in [0.15, 0.2) is 6.61 Å². The van der Waals surface area contributed by atoms with Gasteiger partial charge in [-0.15, -0.1) is 0 Å². The lowest BCUT2D eigenvalue weighted by Gasteiger charge is -2.16. The highest BCUT2D eigenvalue weighted by Crippen LogP contribution is 2.26. The first-order valence-electron chi connectivity index (χ1n) is 11.2. The van der Waals surface area contributed by atoms with Gasteiger partial charge in [0.05, 0.1) is 0 Å². The molecule has 7 heteroatoms. The van der Waals surface area contributed by atoms with Crippen LogP contribution in [0.15, 0.2) is 54.7 Å². The minimum Gasteiger partial charge on any atom is -0.484 e. The van der Waals surface area contributed by atoms with Crippen molar-refractivity contribution in [3.63, 3.8) is 0 Å². The Hall–Kier alpha value is -3.61. The highest BCUT2D eigenvalue weighted by Gasteiger charge is 2.21. The second kappa shape index (κ2) is 8.86. The minimum absolute atomic E-state index is 0.0858. The Morgan fingerprint density at radius 2 is 1.78 bits per heavy atom. The van der Waals surface area contributed by atoms with Gasteiger partial charge in [-0.1, -0.05) is 0 Å². The van der Waals surface area contributed by atoms with E-state index in [1.165, 1.54) is 18.5 Å². The molecule has 2 amide bonds. The summed E-state index contributed by atoms with van der Waals surface area (Å²) in [5.41, 5.74) is 3.92. The highest BCUT2D eigenvalue weighted by molar-refractivity contribution is 5.95. The molecule has 2 aliphatic heterocycles. The van der Waals surface area contributed by atoms with E-state index < -0.39 is 0 Å². The van der Waals surface area contributed by atoms with Crippen LogP contribution in [0.25, 0.3) is 11.4 Å². The molecule has 0 spiro atoms. The van der Waals surface area contributed by atoms with E-state index in [4.69, 9.17) is 4.74 Å². The number of hydrogen-bond acceptors (Lipinski definition) is 4. The lowest BCUT2D eigenvalue weighted by atomic mass is 10.1. The Labute approximate surface area is 187 Å². The van der Waals surface area contributed by atoms with Gasteiger partial charge in [-0.25, -0.2) is 4.98 Å². The molecule has 3 aromatic rings. The van der Waals surface area contributed by atoms with E-state index in [9.17, 15) is 9.59 Å². The van der Waals surface area contributed by atoms with E-state index in [0.717, 1.165) is 48.7 Å². The van der Waals surface area contributed by atoms with Crippen LogP contribution >= 0.6 is 0 Å². The number of carbonyl (C=O) groups is 2. The molecule has 2 aromatic carbocycles. The molecule has 0 unspecified atom stereocenters. The summed E-state index contributed by atoms with van der Waals surface area (Å²) in [6, 6.07) is 15.0. The molecule has 7 nitrogen and oxygen atoms in total. The van der Waals surface area contributed by atoms with Crippen LogP contribution in [0.3, 0.4) is 0 Å². The summed E-state index contributed by atoms with van der Waals surface area (Å²) in [7, 11) is 0. The van der Waals surface area contributed by atoms with Gasteiger partial charge in [-0.05, 0) is 74.2 Å². The quantitative estimate of drug-likeness (QED) is 0.641. The second-order valence-electron chi connectivity index (χ2n) is 8.24. The van der Waals surface area contributed by atoms with Gasteiger partial charge < -0.3 is 19.5 Å². The predicted octanol–water partition coefficient (Wildman–Crippen LogP) is 4.03. The fourth-order valence-electron chi connectivity index (χ4n) is 4.36. The molecule has 0 radical (unpaired) electrons. The van der Waals surface area contributed by atoms with E-state index in [-0.39, 0.29) is 18.4 Å². The van der Waals surface area contributed by atoms with E-state index in [2.05, 4.69) is 14.9 Å². The van der Waals surface area contributed by atoms with Crippen molar-refractivity contribution >= 4 is 23.2 Å². The summed E-state index contributed by atoms with van der Waals surface area (Å²) in [5, 5.41) is 2.86. The maximum atomic E-state index is 12.3. The molecule has 0 bridgehead atoms. The van der Waals surface area contributed by atoms with Gasteiger partial charge in [-0.3, -0.25) is 9.59 Å². The fraction of sp³-hybridized carbons (Fsp3) is 0.320. The highest BCUT2D eigenvalue weighted by atomic mass is 16.5. The number of fused-ring (bicyclic) bond motifs is 1. The number of aromatic nitrogens is 2. The monoisotopic (exact) mass is 430 g/mol. The number of carbonyl (C=O) groups excluding carboxylic acids is 2. The van der Waals surface area contributed by atoms with Crippen molar-refractivity contribution in [2.24, 2.45) is 0 Å². The van der Waals surface area contributed by atoms with Crippen molar-refractivity contribution in [3.8, 4) is 17.1 Å².